The van der Waals surface area contributed by atoms with Crippen molar-refractivity contribution in [2.45, 2.75) is 39.5 Å². The number of imidazole rings is 1. The molecule has 1 aromatic carbocycles. The maximum atomic E-state index is 13.8. The van der Waals surface area contributed by atoms with Crippen LogP contribution < -0.4 is 24.8 Å². The van der Waals surface area contributed by atoms with Gasteiger partial charge in [0.1, 0.15) is 24.2 Å². The van der Waals surface area contributed by atoms with E-state index in [1.54, 1.807) is 42.9 Å². The molecule has 1 aliphatic heterocycles. The Morgan fingerprint density at radius 2 is 2.09 bits per heavy atom. The number of ether oxygens (including phenoxy) is 4. The molecule has 4 rings (SSSR count). The first-order valence-electron chi connectivity index (χ1n) is 10.9. The monoisotopic (exact) mass is 506 g/mol. The second-order valence-electron chi connectivity index (χ2n) is 8.00. The Morgan fingerprint density at radius 1 is 1.26 bits per heavy atom. The molecule has 35 heavy (non-hydrogen) atoms. The standard InChI is InChI=1S/C21H27N6O7P/c1-13(2)33-21(28)14(3)26-35(29,34-16-6-4-5-15-18(16)32-11-31-15)12-30-8-7-27-10-25-17-19(22)23-9-24-20(17)27/h4-6,9-10,13-14H,7-8,11-12H2,1-3H3,(H,26,29)(H2,22,23,24)/t14-,35?/m1/s1. The van der Waals surface area contributed by atoms with E-state index >= 15 is 0 Å². The maximum absolute atomic E-state index is 13.8. The Hall–Kier alpha value is -3.41. The topological polar surface area (TPSA) is 162 Å². The summed E-state index contributed by atoms with van der Waals surface area (Å²) in [6.45, 7) is 5.53. The fourth-order valence-electron chi connectivity index (χ4n) is 3.32. The molecule has 188 valence electrons. The van der Waals surface area contributed by atoms with E-state index in [1.165, 1.54) is 13.3 Å². The summed E-state index contributed by atoms with van der Waals surface area (Å²) in [5, 5.41) is 2.75. The van der Waals surface area contributed by atoms with E-state index in [4.69, 9.17) is 29.2 Å². The van der Waals surface area contributed by atoms with Gasteiger partial charge >= 0.3 is 13.5 Å². The van der Waals surface area contributed by atoms with Gasteiger partial charge in [-0.05, 0) is 32.9 Å². The van der Waals surface area contributed by atoms with Crippen molar-refractivity contribution in [1.82, 2.24) is 24.6 Å². The van der Waals surface area contributed by atoms with Crippen molar-refractivity contribution >= 4 is 30.5 Å². The molecule has 0 aliphatic carbocycles. The number of para-hydroxylation sites is 1. The third-order valence-electron chi connectivity index (χ3n) is 4.87. The molecule has 3 aromatic rings. The van der Waals surface area contributed by atoms with Gasteiger partial charge in [-0.1, -0.05) is 6.07 Å². The van der Waals surface area contributed by atoms with E-state index in [1.807, 2.05) is 0 Å². The van der Waals surface area contributed by atoms with Crippen LogP contribution in [0.15, 0.2) is 30.9 Å². The second kappa shape index (κ2) is 10.5. The number of carbonyl (C=O) groups excluding carboxylic acids is 1. The number of benzene rings is 1. The molecule has 3 heterocycles. The van der Waals surface area contributed by atoms with Crippen LogP contribution in [0.3, 0.4) is 0 Å². The second-order valence-corrected chi connectivity index (χ2v) is 10.0. The molecule has 0 spiro atoms. The average Bonchev–Trinajstić information content (AvgIpc) is 3.45. The number of nitrogen functional groups attached to an aromatic ring is 1. The summed E-state index contributed by atoms with van der Waals surface area (Å²) in [4.78, 5) is 24.6. The molecule has 13 nitrogen and oxygen atoms in total. The smallest absolute Gasteiger partial charge is 0.342 e. The summed E-state index contributed by atoms with van der Waals surface area (Å²) in [6, 6.07) is 4.07. The fourth-order valence-corrected chi connectivity index (χ4v) is 5.02. The highest BCUT2D eigenvalue weighted by Gasteiger charge is 2.33. The highest BCUT2D eigenvalue weighted by Crippen LogP contribution is 2.50. The lowest BCUT2D eigenvalue weighted by Crippen LogP contribution is -2.36. The van der Waals surface area contributed by atoms with Crippen molar-refractivity contribution in [3.63, 3.8) is 0 Å². The molecule has 0 amide bonds. The number of nitrogens with two attached hydrogens (primary N) is 1. The van der Waals surface area contributed by atoms with Gasteiger partial charge in [-0.15, -0.1) is 0 Å². The minimum absolute atomic E-state index is 0.0218. The molecular formula is C21H27N6O7P. The molecule has 1 aliphatic rings. The first kappa shape index (κ1) is 24.7. The van der Waals surface area contributed by atoms with Crippen molar-refractivity contribution in [1.29, 1.82) is 0 Å². The molecule has 2 atom stereocenters. The summed E-state index contributed by atoms with van der Waals surface area (Å²) < 4.78 is 43.1. The van der Waals surface area contributed by atoms with Crippen LogP contribution in [0.2, 0.25) is 0 Å². The summed E-state index contributed by atoms with van der Waals surface area (Å²) in [6.07, 6.45) is 2.27. The number of nitrogens with zero attached hydrogens (tertiary/aromatic N) is 4. The summed E-state index contributed by atoms with van der Waals surface area (Å²) in [7, 11) is -3.77. The van der Waals surface area contributed by atoms with Gasteiger partial charge < -0.3 is 33.8 Å². The lowest BCUT2D eigenvalue weighted by Gasteiger charge is -2.24. The van der Waals surface area contributed by atoms with Gasteiger partial charge in [-0.25, -0.2) is 20.0 Å². The Labute approximate surface area is 201 Å². The number of fused-ring (bicyclic) bond motifs is 2. The lowest BCUT2D eigenvalue weighted by molar-refractivity contribution is -0.149. The first-order chi connectivity index (χ1) is 16.8. The molecule has 0 saturated carbocycles. The molecule has 14 heteroatoms. The predicted molar refractivity (Wildman–Crippen MR) is 125 cm³/mol. The van der Waals surface area contributed by atoms with Crippen molar-refractivity contribution < 1.29 is 32.8 Å². The van der Waals surface area contributed by atoms with Crippen LogP contribution >= 0.6 is 7.52 Å². The number of aromatic nitrogens is 4. The van der Waals surface area contributed by atoms with Crippen LogP contribution in [0.4, 0.5) is 5.82 Å². The predicted octanol–water partition coefficient (Wildman–Crippen LogP) is 2.31. The molecule has 0 bridgehead atoms. The minimum atomic E-state index is -3.77. The van der Waals surface area contributed by atoms with E-state index < -0.39 is 19.5 Å². The first-order valence-corrected chi connectivity index (χ1v) is 12.7. The number of carbonyl (C=O) groups is 1. The highest BCUT2D eigenvalue weighted by molar-refractivity contribution is 7.57. The SMILES string of the molecule is CC(C)OC(=O)[C@@H](C)NP(=O)(COCCn1cnc2c(N)ncnc21)Oc1cccc2c1OCO2. The zero-order valence-electron chi connectivity index (χ0n) is 19.5. The zero-order valence-corrected chi connectivity index (χ0v) is 20.4. The van der Waals surface area contributed by atoms with Gasteiger partial charge in [-0.3, -0.25) is 9.36 Å². The van der Waals surface area contributed by atoms with Crippen LogP contribution in [0.5, 0.6) is 17.2 Å². The summed E-state index contributed by atoms with van der Waals surface area (Å²) in [5.41, 5.74) is 6.86. The number of nitrogens with one attached hydrogen (secondary N) is 1. The molecular weight excluding hydrogens is 479 g/mol. The quantitative estimate of drug-likeness (QED) is 0.222. The van der Waals surface area contributed by atoms with E-state index in [2.05, 4.69) is 20.0 Å². The minimum Gasteiger partial charge on any atom is -0.462 e. The molecule has 1 unspecified atom stereocenters. The maximum Gasteiger partial charge on any atom is 0.342 e. The number of hydrogen-bond donors (Lipinski definition) is 2. The van der Waals surface area contributed by atoms with Gasteiger partial charge in [-0.2, -0.15) is 0 Å². The normalized spacial score (nSPS) is 15.2. The van der Waals surface area contributed by atoms with Crippen molar-refractivity contribution in [2.75, 3.05) is 25.5 Å². The van der Waals surface area contributed by atoms with Gasteiger partial charge in [0.05, 0.1) is 19.0 Å². The van der Waals surface area contributed by atoms with Gasteiger partial charge in [0.15, 0.2) is 23.0 Å². The molecule has 0 fully saturated rings. The Morgan fingerprint density at radius 3 is 2.89 bits per heavy atom. The lowest BCUT2D eigenvalue weighted by atomic mass is 10.3. The van der Waals surface area contributed by atoms with E-state index in [9.17, 15) is 9.36 Å². The van der Waals surface area contributed by atoms with Crippen LogP contribution in [-0.2, 0) is 25.4 Å². The molecule has 3 N–H and O–H groups in total. The number of esters is 1. The molecule has 0 radical (unpaired) electrons. The number of anilines is 1. The van der Waals surface area contributed by atoms with Gasteiger partial charge in [0.2, 0.25) is 12.5 Å². The third kappa shape index (κ3) is 5.81. The van der Waals surface area contributed by atoms with Crippen LogP contribution in [0, 0.1) is 0 Å². The van der Waals surface area contributed by atoms with E-state index in [-0.39, 0.29) is 37.4 Å². The summed E-state index contributed by atoms with van der Waals surface area (Å²) in [5.74, 6) is 0.714. The third-order valence-corrected chi connectivity index (χ3v) is 6.66. The average molecular weight is 506 g/mol. The highest BCUT2D eigenvalue weighted by atomic mass is 31.2. The largest absolute Gasteiger partial charge is 0.462 e. The van der Waals surface area contributed by atoms with E-state index in [0.717, 1.165) is 0 Å². The van der Waals surface area contributed by atoms with Crippen molar-refractivity contribution in [2.24, 2.45) is 0 Å². The van der Waals surface area contributed by atoms with Crippen LogP contribution in [0.25, 0.3) is 11.2 Å². The number of rotatable bonds is 11. The zero-order chi connectivity index (χ0) is 25.0. The fraction of sp³-hybridized carbons (Fsp3) is 0.429. The van der Waals surface area contributed by atoms with Gasteiger partial charge in [0, 0.05) is 6.54 Å². The Balaban J connectivity index is 1.45. The van der Waals surface area contributed by atoms with E-state index in [0.29, 0.717) is 29.2 Å². The Bertz CT molecular complexity index is 1250. The van der Waals surface area contributed by atoms with Crippen LogP contribution in [0.1, 0.15) is 20.8 Å². The Kier molecular flexibility index (Phi) is 7.39. The van der Waals surface area contributed by atoms with Gasteiger partial charge in [0.25, 0.3) is 0 Å². The molecule has 2 aromatic heterocycles. The number of hydrogen-bond acceptors (Lipinski definition) is 11. The van der Waals surface area contributed by atoms with Crippen molar-refractivity contribution in [3.8, 4) is 17.2 Å². The molecule has 0 saturated heterocycles. The van der Waals surface area contributed by atoms with Crippen LogP contribution in [-0.4, -0.2) is 57.4 Å². The van der Waals surface area contributed by atoms with Crippen molar-refractivity contribution in [3.05, 3.63) is 30.9 Å². The summed E-state index contributed by atoms with van der Waals surface area (Å²) >= 11 is 0.